The van der Waals surface area contributed by atoms with Gasteiger partial charge in [0.1, 0.15) is 0 Å². The van der Waals surface area contributed by atoms with Crippen LogP contribution >= 0.6 is 0 Å². The summed E-state index contributed by atoms with van der Waals surface area (Å²) < 4.78 is 12.4. The highest BCUT2D eigenvalue weighted by Gasteiger charge is 2.16. The van der Waals surface area contributed by atoms with Gasteiger partial charge in [0.15, 0.2) is 0 Å². The molecule has 0 saturated heterocycles. The second kappa shape index (κ2) is 7.29. The van der Waals surface area contributed by atoms with Crippen LogP contribution in [0.4, 0.5) is 0 Å². The molecule has 0 aliphatic carbocycles. The van der Waals surface area contributed by atoms with E-state index in [2.05, 4.69) is 0 Å². The van der Waals surface area contributed by atoms with Crippen LogP contribution in [0.5, 0.6) is 0 Å². The summed E-state index contributed by atoms with van der Waals surface area (Å²) in [5.74, 6) is 0. The Morgan fingerprint density at radius 2 is 2.00 bits per heavy atom. The Hall–Kier alpha value is -1.19. The van der Waals surface area contributed by atoms with Gasteiger partial charge in [0, 0.05) is 9.80 Å². The lowest BCUT2D eigenvalue weighted by Crippen LogP contribution is -2.13. The monoisotopic (exact) mass is 264 g/mol. The van der Waals surface area contributed by atoms with Crippen molar-refractivity contribution >= 4 is 10.8 Å². The molecule has 0 heterocycles. The van der Waals surface area contributed by atoms with Gasteiger partial charge >= 0.3 is 0 Å². The van der Waals surface area contributed by atoms with Crippen LogP contribution < -0.4 is 0 Å². The Bertz CT molecular complexity index is 458. The predicted molar refractivity (Wildman–Crippen MR) is 76.8 cm³/mol. The van der Waals surface area contributed by atoms with Gasteiger partial charge < -0.3 is 5.11 Å². The van der Waals surface area contributed by atoms with Gasteiger partial charge in [-0.05, 0) is 38.5 Å². The molecule has 0 radical (unpaired) electrons. The van der Waals surface area contributed by atoms with Crippen molar-refractivity contribution in [2.24, 2.45) is 0 Å². The van der Waals surface area contributed by atoms with Crippen molar-refractivity contribution in [3.63, 3.8) is 0 Å². The zero-order chi connectivity index (χ0) is 13.5. The first-order valence-electron chi connectivity index (χ1n) is 6.09. The maximum Gasteiger partial charge on any atom is 0.0874 e. The molecule has 3 heteroatoms. The number of benzene rings is 1. The van der Waals surface area contributed by atoms with E-state index in [9.17, 15) is 9.32 Å². The topological polar surface area (TPSA) is 37.3 Å². The Morgan fingerprint density at radius 3 is 2.50 bits per heavy atom. The molecule has 18 heavy (non-hydrogen) atoms. The minimum atomic E-state index is -1.30. The van der Waals surface area contributed by atoms with E-state index in [0.717, 1.165) is 10.5 Å². The van der Waals surface area contributed by atoms with Crippen LogP contribution in [0, 0.1) is 6.92 Å². The number of rotatable bonds is 5. The van der Waals surface area contributed by atoms with Crippen LogP contribution in [0.1, 0.15) is 25.8 Å². The average Bonchev–Trinajstić information content (AvgIpc) is 2.39. The van der Waals surface area contributed by atoms with Crippen molar-refractivity contribution < 1.29 is 9.32 Å². The summed E-state index contributed by atoms with van der Waals surface area (Å²) in [6, 6.07) is 7.55. The summed E-state index contributed by atoms with van der Waals surface area (Å²) in [5.41, 5.74) is 1.13. The summed E-state index contributed by atoms with van der Waals surface area (Å²) in [6.07, 6.45) is 5.29. The number of aliphatic hydroxyl groups is 1. The molecule has 0 bridgehead atoms. The minimum absolute atomic E-state index is 0.555. The molecule has 1 N–H and O–H groups in total. The van der Waals surface area contributed by atoms with Crippen LogP contribution in [-0.2, 0) is 10.8 Å². The smallest absolute Gasteiger partial charge is 0.0874 e. The molecule has 0 fully saturated rings. The third-order valence-corrected chi connectivity index (χ3v) is 4.15. The molecule has 2 atom stereocenters. The first-order valence-corrected chi connectivity index (χ1v) is 7.24. The highest BCUT2D eigenvalue weighted by Crippen LogP contribution is 2.19. The molecule has 1 aromatic carbocycles. The molecule has 0 spiro atoms. The fourth-order valence-electron chi connectivity index (χ4n) is 1.49. The predicted octanol–water partition coefficient (Wildman–Crippen LogP) is 3.33. The van der Waals surface area contributed by atoms with Crippen LogP contribution in [0.3, 0.4) is 0 Å². The van der Waals surface area contributed by atoms with Crippen molar-refractivity contribution in [1.29, 1.82) is 0 Å². The zero-order valence-electron chi connectivity index (χ0n) is 11.1. The summed E-state index contributed by atoms with van der Waals surface area (Å²) in [5, 5.41) is 9.94. The Kier molecular flexibility index (Phi) is 6.02. The lowest BCUT2D eigenvalue weighted by atomic mass is 10.2. The molecule has 0 aromatic heterocycles. The summed E-state index contributed by atoms with van der Waals surface area (Å²) >= 11 is 0. The molecule has 0 unspecified atom stereocenters. The fourth-order valence-corrected chi connectivity index (χ4v) is 2.76. The molecule has 0 amide bonds. The number of aliphatic hydroxyl groups excluding tert-OH is 1. The van der Waals surface area contributed by atoms with E-state index < -0.39 is 16.9 Å². The Morgan fingerprint density at radius 1 is 1.39 bits per heavy atom. The number of aryl methyl sites for hydroxylation is 1. The number of allylic oxidation sites excluding steroid dienone is 3. The average molecular weight is 264 g/mol. The molecule has 2 nitrogen and oxygen atoms in total. The number of hydrogen-bond acceptors (Lipinski definition) is 2. The largest absolute Gasteiger partial charge is 0.388 e. The fraction of sp³-hybridized carbons (Fsp3) is 0.333. The maximum atomic E-state index is 12.4. The van der Waals surface area contributed by atoms with Crippen molar-refractivity contribution in [3.05, 3.63) is 53.0 Å². The van der Waals surface area contributed by atoms with Gasteiger partial charge in [-0.15, -0.1) is 0 Å². The van der Waals surface area contributed by atoms with Gasteiger partial charge in [-0.2, -0.15) is 0 Å². The van der Waals surface area contributed by atoms with E-state index in [1.54, 1.807) is 12.2 Å². The van der Waals surface area contributed by atoms with Gasteiger partial charge in [-0.25, -0.2) is 4.21 Å². The highest BCUT2D eigenvalue weighted by atomic mass is 32.2. The van der Waals surface area contributed by atoms with Crippen LogP contribution in [0.25, 0.3) is 0 Å². The molecular formula is C15H20O2S. The van der Waals surface area contributed by atoms with Gasteiger partial charge in [0.25, 0.3) is 0 Å². The lowest BCUT2D eigenvalue weighted by Gasteiger charge is -2.12. The standard InChI is InChI=1S/C15H20O2S/c1-4-6-7-15(14(16)5-2)18(17)13-10-8-12(3)9-11-13/h4,6-11,14,16H,5H2,1-3H3/b6-4+,15-7+/t14-,18+/m1/s1. The molecule has 98 valence electrons. The first-order chi connectivity index (χ1) is 8.60. The van der Waals surface area contributed by atoms with E-state index in [1.165, 1.54) is 0 Å². The summed E-state index contributed by atoms with van der Waals surface area (Å²) in [6.45, 7) is 5.76. The minimum Gasteiger partial charge on any atom is -0.388 e. The Labute approximate surface area is 112 Å². The van der Waals surface area contributed by atoms with Crippen LogP contribution in [-0.4, -0.2) is 15.4 Å². The molecule has 0 aliphatic heterocycles. The normalized spacial score (nSPS) is 15.9. The van der Waals surface area contributed by atoms with Crippen molar-refractivity contribution in [1.82, 2.24) is 0 Å². The van der Waals surface area contributed by atoms with Crippen LogP contribution in [0.15, 0.2) is 52.3 Å². The van der Waals surface area contributed by atoms with Gasteiger partial charge in [0.05, 0.1) is 16.9 Å². The maximum absolute atomic E-state index is 12.4. The van der Waals surface area contributed by atoms with E-state index in [-0.39, 0.29) is 0 Å². The Balaban J connectivity index is 3.06. The number of hydrogen-bond donors (Lipinski definition) is 1. The van der Waals surface area contributed by atoms with Gasteiger partial charge in [0.2, 0.25) is 0 Å². The van der Waals surface area contributed by atoms with E-state index in [4.69, 9.17) is 0 Å². The van der Waals surface area contributed by atoms with Crippen molar-refractivity contribution in [2.75, 3.05) is 0 Å². The lowest BCUT2D eigenvalue weighted by molar-refractivity contribution is 0.214. The molecule has 0 aliphatic rings. The highest BCUT2D eigenvalue weighted by molar-refractivity contribution is 7.89. The van der Waals surface area contributed by atoms with Crippen molar-refractivity contribution in [3.8, 4) is 0 Å². The first kappa shape index (κ1) is 14.9. The second-order valence-electron chi connectivity index (χ2n) is 4.10. The zero-order valence-corrected chi connectivity index (χ0v) is 11.9. The van der Waals surface area contributed by atoms with E-state index >= 15 is 0 Å². The molecular weight excluding hydrogens is 244 g/mol. The van der Waals surface area contributed by atoms with Crippen LogP contribution in [0.2, 0.25) is 0 Å². The van der Waals surface area contributed by atoms with Crippen molar-refractivity contribution in [2.45, 2.75) is 38.2 Å². The van der Waals surface area contributed by atoms with Gasteiger partial charge in [-0.3, -0.25) is 0 Å². The quantitative estimate of drug-likeness (QED) is 0.828. The third-order valence-electron chi connectivity index (χ3n) is 2.62. The summed E-state index contributed by atoms with van der Waals surface area (Å²) in [7, 11) is -1.30. The summed E-state index contributed by atoms with van der Waals surface area (Å²) in [4.78, 5) is 1.28. The molecule has 0 saturated carbocycles. The van der Waals surface area contributed by atoms with Gasteiger partial charge in [-0.1, -0.05) is 36.8 Å². The second-order valence-corrected chi connectivity index (χ2v) is 5.58. The molecule has 1 aromatic rings. The van der Waals surface area contributed by atoms with E-state index in [1.807, 2.05) is 51.1 Å². The van der Waals surface area contributed by atoms with E-state index in [0.29, 0.717) is 11.3 Å². The SMILES string of the molecule is C/C=C/C=C(\[C@H](O)CC)[S@@](=O)c1ccc(C)cc1. The third kappa shape index (κ3) is 3.93. The molecule has 1 rings (SSSR count).